The van der Waals surface area contributed by atoms with Crippen molar-refractivity contribution in [1.82, 2.24) is 0 Å². The Labute approximate surface area is 126 Å². The molecule has 0 aliphatic carbocycles. The van der Waals surface area contributed by atoms with Crippen LogP contribution in [0.25, 0.3) is 6.08 Å². The quantitative estimate of drug-likeness (QED) is 0.641. The molecule has 0 atom stereocenters. The molecule has 0 bridgehead atoms. The first-order valence-electron chi connectivity index (χ1n) is 6.55. The number of aliphatic imine (C=N–C) groups is 1. The topological polar surface area (TPSA) is 47.9 Å². The molecule has 2 heterocycles. The van der Waals surface area contributed by atoms with Crippen LogP contribution >= 0.6 is 11.3 Å². The monoisotopic (exact) mass is 299 g/mol. The van der Waals surface area contributed by atoms with E-state index in [4.69, 9.17) is 9.47 Å². The molecule has 0 fully saturated rings. The van der Waals surface area contributed by atoms with Gasteiger partial charge in [0.25, 0.3) is 0 Å². The number of carbonyl (C=O) groups is 1. The number of carbonyl (C=O) groups excluding carboxylic acids is 1. The summed E-state index contributed by atoms with van der Waals surface area (Å²) in [5, 5.41) is 3.89. The number of rotatable bonds is 4. The highest BCUT2D eigenvalue weighted by Gasteiger charge is 2.26. The van der Waals surface area contributed by atoms with Crippen molar-refractivity contribution in [1.29, 1.82) is 0 Å². The number of cyclic esters (lactones) is 1. The second-order valence-corrected chi connectivity index (χ2v) is 5.10. The molecule has 5 heteroatoms. The van der Waals surface area contributed by atoms with Crippen molar-refractivity contribution in [3.05, 3.63) is 57.9 Å². The Bertz CT molecular complexity index is 717. The number of thiophene rings is 1. The van der Waals surface area contributed by atoms with E-state index >= 15 is 0 Å². The van der Waals surface area contributed by atoms with Crippen LogP contribution in [0.3, 0.4) is 0 Å². The Hall–Kier alpha value is -2.40. The number of ether oxygens (including phenoxy) is 2. The SMILES string of the molecule is CCOc1ccccc1C1=N/C(=C\c2ccsc2)C(=O)O1. The van der Waals surface area contributed by atoms with Gasteiger partial charge in [-0.25, -0.2) is 9.79 Å². The molecule has 3 rings (SSSR count). The first-order valence-corrected chi connectivity index (χ1v) is 7.49. The maximum absolute atomic E-state index is 11.9. The molecular weight excluding hydrogens is 286 g/mol. The number of hydrogen-bond acceptors (Lipinski definition) is 5. The lowest BCUT2D eigenvalue weighted by atomic mass is 10.2. The molecule has 1 aromatic heterocycles. The van der Waals surface area contributed by atoms with Crippen LogP contribution in [0.15, 0.2) is 51.8 Å². The summed E-state index contributed by atoms with van der Waals surface area (Å²) in [5.41, 5.74) is 1.92. The van der Waals surface area contributed by atoms with E-state index in [9.17, 15) is 4.79 Å². The van der Waals surface area contributed by atoms with Crippen molar-refractivity contribution in [2.45, 2.75) is 6.92 Å². The predicted octanol–water partition coefficient (Wildman–Crippen LogP) is 3.49. The van der Waals surface area contributed by atoms with Crippen LogP contribution in [0, 0.1) is 0 Å². The average Bonchev–Trinajstić information content (AvgIpc) is 3.11. The first kappa shape index (κ1) is 13.6. The Morgan fingerprint density at radius 1 is 1.33 bits per heavy atom. The van der Waals surface area contributed by atoms with Crippen molar-refractivity contribution in [2.24, 2.45) is 4.99 Å². The van der Waals surface area contributed by atoms with Gasteiger partial charge in [0.15, 0.2) is 5.70 Å². The van der Waals surface area contributed by atoms with Crippen molar-refractivity contribution >= 4 is 29.3 Å². The van der Waals surface area contributed by atoms with Crippen molar-refractivity contribution in [3.63, 3.8) is 0 Å². The zero-order valence-corrected chi connectivity index (χ0v) is 12.2. The Morgan fingerprint density at radius 2 is 2.19 bits per heavy atom. The molecule has 0 saturated carbocycles. The summed E-state index contributed by atoms with van der Waals surface area (Å²) in [7, 11) is 0. The smallest absolute Gasteiger partial charge is 0.363 e. The average molecular weight is 299 g/mol. The van der Waals surface area contributed by atoms with Gasteiger partial charge in [-0.05, 0) is 47.5 Å². The van der Waals surface area contributed by atoms with Gasteiger partial charge in [-0.1, -0.05) is 12.1 Å². The van der Waals surface area contributed by atoms with Gasteiger partial charge in [-0.3, -0.25) is 0 Å². The van der Waals surface area contributed by atoms with Gasteiger partial charge in [0, 0.05) is 0 Å². The van der Waals surface area contributed by atoms with Gasteiger partial charge in [-0.2, -0.15) is 11.3 Å². The summed E-state index contributed by atoms with van der Waals surface area (Å²) in [5.74, 6) is 0.497. The van der Waals surface area contributed by atoms with Gasteiger partial charge in [-0.15, -0.1) is 0 Å². The number of para-hydroxylation sites is 1. The first-order chi connectivity index (χ1) is 10.3. The summed E-state index contributed by atoms with van der Waals surface area (Å²) in [4.78, 5) is 16.2. The largest absolute Gasteiger partial charge is 0.493 e. The zero-order chi connectivity index (χ0) is 14.7. The van der Waals surface area contributed by atoms with Crippen LogP contribution in [0.1, 0.15) is 18.1 Å². The Kier molecular flexibility index (Phi) is 3.83. The molecule has 1 aromatic carbocycles. The molecule has 4 nitrogen and oxygen atoms in total. The molecular formula is C16H13NO3S. The van der Waals surface area contributed by atoms with Crippen molar-refractivity contribution in [3.8, 4) is 5.75 Å². The number of esters is 1. The van der Waals surface area contributed by atoms with Crippen LogP contribution < -0.4 is 4.74 Å². The lowest BCUT2D eigenvalue weighted by Crippen LogP contribution is -2.07. The zero-order valence-electron chi connectivity index (χ0n) is 11.4. The Morgan fingerprint density at radius 3 is 2.95 bits per heavy atom. The van der Waals surface area contributed by atoms with E-state index in [-0.39, 0.29) is 5.90 Å². The third-order valence-corrected chi connectivity index (χ3v) is 3.59. The molecule has 0 spiro atoms. The minimum Gasteiger partial charge on any atom is -0.493 e. The number of hydrogen-bond donors (Lipinski definition) is 0. The van der Waals surface area contributed by atoms with Crippen molar-refractivity contribution < 1.29 is 14.3 Å². The third kappa shape index (κ3) is 2.87. The molecule has 106 valence electrons. The van der Waals surface area contributed by atoms with Crippen LogP contribution in [0.2, 0.25) is 0 Å². The fourth-order valence-electron chi connectivity index (χ4n) is 1.96. The van der Waals surface area contributed by atoms with E-state index in [0.717, 1.165) is 5.56 Å². The predicted molar refractivity (Wildman–Crippen MR) is 82.5 cm³/mol. The van der Waals surface area contributed by atoms with Gasteiger partial charge >= 0.3 is 5.97 Å². The van der Waals surface area contributed by atoms with E-state index in [0.29, 0.717) is 23.6 Å². The minimum absolute atomic E-state index is 0.283. The van der Waals surface area contributed by atoms with Crippen LogP contribution in [0.5, 0.6) is 5.75 Å². The summed E-state index contributed by atoms with van der Waals surface area (Å²) < 4.78 is 10.8. The van der Waals surface area contributed by atoms with E-state index < -0.39 is 5.97 Å². The van der Waals surface area contributed by atoms with E-state index in [1.807, 2.05) is 48.0 Å². The molecule has 0 saturated heterocycles. The van der Waals surface area contributed by atoms with Gasteiger partial charge in [0.05, 0.1) is 12.2 Å². The van der Waals surface area contributed by atoms with Crippen LogP contribution in [-0.2, 0) is 9.53 Å². The fraction of sp³-hybridized carbons (Fsp3) is 0.125. The molecule has 0 radical (unpaired) electrons. The third-order valence-electron chi connectivity index (χ3n) is 2.88. The molecule has 0 N–H and O–H groups in total. The standard InChI is InChI=1S/C16H13NO3S/c1-2-19-14-6-4-3-5-12(14)15-17-13(16(18)20-15)9-11-7-8-21-10-11/h3-10H,2H2,1H3/b13-9-. The number of benzene rings is 1. The van der Waals surface area contributed by atoms with E-state index in [1.54, 1.807) is 17.4 Å². The normalized spacial score (nSPS) is 16.0. The van der Waals surface area contributed by atoms with Gasteiger partial charge < -0.3 is 9.47 Å². The Balaban J connectivity index is 1.96. The summed E-state index contributed by atoms with van der Waals surface area (Å²) >= 11 is 1.57. The molecule has 0 amide bonds. The highest BCUT2D eigenvalue weighted by molar-refractivity contribution is 7.08. The second kappa shape index (κ2) is 5.93. The number of nitrogens with zero attached hydrogens (tertiary/aromatic N) is 1. The van der Waals surface area contributed by atoms with Crippen LogP contribution in [0.4, 0.5) is 0 Å². The van der Waals surface area contributed by atoms with E-state index in [2.05, 4.69) is 4.99 Å². The lowest BCUT2D eigenvalue weighted by Gasteiger charge is -2.08. The van der Waals surface area contributed by atoms with Gasteiger partial charge in [0.2, 0.25) is 5.90 Å². The fourth-order valence-corrected chi connectivity index (χ4v) is 2.58. The van der Waals surface area contributed by atoms with E-state index in [1.165, 1.54) is 0 Å². The summed E-state index contributed by atoms with van der Waals surface area (Å²) in [6.45, 7) is 2.44. The summed E-state index contributed by atoms with van der Waals surface area (Å²) in [6, 6.07) is 9.30. The minimum atomic E-state index is -0.442. The lowest BCUT2D eigenvalue weighted by molar-refractivity contribution is -0.129. The second-order valence-electron chi connectivity index (χ2n) is 4.32. The highest BCUT2D eigenvalue weighted by Crippen LogP contribution is 2.25. The maximum atomic E-state index is 11.9. The molecule has 2 aromatic rings. The molecule has 21 heavy (non-hydrogen) atoms. The van der Waals surface area contributed by atoms with Crippen molar-refractivity contribution in [2.75, 3.05) is 6.61 Å². The van der Waals surface area contributed by atoms with Gasteiger partial charge in [0.1, 0.15) is 5.75 Å². The summed E-state index contributed by atoms with van der Waals surface area (Å²) in [6.07, 6.45) is 1.72. The molecule has 0 unspecified atom stereocenters. The van der Waals surface area contributed by atoms with Crippen LogP contribution in [-0.4, -0.2) is 18.5 Å². The highest BCUT2D eigenvalue weighted by atomic mass is 32.1. The maximum Gasteiger partial charge on any atom is 0.363 e. The molecule has 1 aliphatic heterocycles. The molecule has 1 aliphatic rings.